The van der Waals surface area contributed by atoms with Gasteiger partial charge in [0.05, 0.1) is 28.2 Å². The van der Waals surface area contributed by atoms with Crippen LogP contribution >= 0.6 is 0 Å². The third-order valence-corrected chi connectivity index (χ3v) is 8.83. The van der Waals surface area contributed by atoms with E-state index in [1.807, 2.05) is 24.1 Å². The Balaban J connectivity index is 1.56. The first kappa shape index (κ1) is 27.5. The monoisotopic (exact) mass is 554 g/mol. The minimum Gasteiger partial charge on any atom is -0.496 e. The van der Waals surface area contributed by atoms with Crippen molar-refractivity contribution >= 4 is 42.1 Å². The summed E-state index contributed by atoms with van der Waals surface area (Å²) >= 11 is 0. The Bertz CT molecular complexity index is 1630. The molecule has 38 heavy (non-hydrogen) atoms. The first-order chi connectivity index (χ1) is 18.1. The smallest absolute Gasteiger partial charge is 0.206 e. The van der Waals surface area contributed by atoms with E-state index in [-0.39, 0.29) is 15.5 Å². The lowest BCUT2D eigenvalue weighted by atomic mass is 10.1. The predicted molar refractivity (Wildman–Crippen MR) is 149 cm³/mol. The van der Waals surface area contributed by atoms with Crippen molar-refractivity contribution in [1.82, 2.24) is 14.9 Å². The fourth-order valence-corrected chi connectivity index (χ4v) is 5.87. The van der Waals surface area contributed by atoms with Crippen molar-refractivity contribution in [1.29, 1.82) is 0 Å². The van der Waals surface area contributed by atoms with Crippen LogP contribution < -0.4 is 10.1 Å². The first-order valence-electron chi connectivity index (χ1n) is 11.9. The summed E-state index contributed by atoms with van der Waals surface area (Å²) in [5.74, 6) is 1.36. The van der Waals surface area contributed by atoms with Crippen molar-refractivity contribution in [3.63, 3.8) is 0 Å². The highest BCUT2D eigenvalue weighted by molar-refractivity contribution is 7.91. The Hall–Kier alpha value is -3.54. The normalized spacial score (nSPS) is 12.1. The van der Waals surface area contributed by atoms with Crippen LogP contribution in [-0.2, 0) is 26.1 Å². The lowest BCUT2D eigenvalue weighted by Crippen LogP contribution is -2.27. The summed E-state index contributed by atoms with van der Waals surface area (Å²) in [6.07, 6.45) is 3.33. The zero-order valence-corrected chi connectivity index (χ0v) is 23.1. The van der Waals surface area contributed by atoms with Crippen molar-refractivity contribution in [3.8, 4) is 5.75 Å². The summed E-state index contributed by atoms with van der Waals surface area (Å²) < 4.78 is 54.3. The molecule has 0 aliphatic heterocycles. The second kappa shape index (κ2) is 11.5. The van der Waals surface area contributed by atoms with E-state index in [0.717, 1.165) is 10.9 Å². The maximum Gasteiger partial charge on any atom is 0.206 e. The topological polar surface area (TPSA) is 119 Å². The molecule has 0 amide bonds. The van der Waals surface area contributed by atoms with Crippen LogP contribution in [0, 0.1) is 0 Å². The number of aromatic nitrogens is 2. The van der Waals surface area contributed by atoms with Crippen LogP contribution in [-0.4, -0.2) is 71.0 Å². The maximum atomic E-state index is 12.9. The van der Waals surface area contributed by atoms with E-state index in [4.69, 9.17) is 4.74 Å². The predicted octanol–water partition coefficient (Wildman–Crippen LogP) is 3.73. The van der Waals surface area contributed by atoms with Crippen molar-refractivity contribution < 1.29 is 21.6 Å². The highest BCUT2D eigenvalue weighted by atomic mass is 32.2. The highest BCUT2D eigenvalue weighted by Crippen LogP contribution is 2.31. The van der Waals surface area contributed by atoms with Crippen LogP contribution in [0.2, 0.25) is 0 Å². The van der Waals surface area contributed by atoms with Gasteiger partial charge in [0, 0.05) is 36.5 Å². The quantitative estimate of drug-likeness (QED) is 0.296. The van der Waals surface area contributed by atoms with Crippen LogP contribution in [0.15, 0.2) is 82.8 Å². The number of fused-ring (bicyclic) bond motifs is 1. The number of hydrogen-bond acceptors (Lipinski definition) is 9. The number of anilines is 2. The van der Waals surface area contributed by atoms with E-state index < -0.39 is 19.7 Å². The van der Waals surface area contributed by atoms with Gasteiger partial charge in [-0.15, -0.1) is 0 Å². The van der Waals surface area contributed by atoms with Gasteiger partial charge in [-0.2, -0.15) is 0 Å². The number of hydrogen-bond donors (Lipinski definition) is 1. The Labute approximate surface area is 223 Å². The van der Waals surface area contributed by atoms with Gasteiger partial charge in [0.25, 0.3) is 0 Å². The average molecular weight is 555 g/mol. The van der Waals surface area contributed by atoms with Gasteiger partial charge in [-0.25, -0.2) is 26.8 Å². The molecule has 0 saturated heterocycles. The molecule has 0 fully saturated rings. The number of sulfone groups is 2. The number of benzene rings is 3. The second-order valence-corrected chi connectivity index (χ2v) is 13.3. The molecule has 1 heterocycles. The fourth-order valence-electron chi connectivity index (χ4n) is 3.95. The standard InChI is InChI=1S/C27H30N4O5S2/c1-31(15-16-37(3,32)33)14-13-20-17-24-25(18-26(20)36-2)28-19-29-27(24)30-21-9-11-23(12-10-21)38(34,35)22-7-5-4-6-8-22/h4-12,17-19H,13-16H2,1-3H3,(H,28,29,30). The fraction of sp³-hybridized carbons (Fsp3) is 0.259. The van der Waals surface area contributed by atoms with Gasteiger partial charge in [-0.3, -0.25) is 0 Å². The van der Waals surface area contributed by atoms with Crippen LogP contribution in [0.4, 0.5) is 11.5 Å². The lowest BCUT2D eigenvalue weighted by Gasteiger charge is -2.18. The van der Waals surface area contributed by atoms with E-state index >= 15 is 0 Å². The Morgan fingerprint density at radius 2 is 1.58 bits per heavy atom. The molecule has 200 valence electrons. The average Bonchev–Trinajstić information content (AvgIpc) is 2.91. The summed E-state index contributed by atoms with van der Waals surface area (Å²) in [5.41, 5.74) is 2.31. The zero-order valence-electron chi connectivity index (χ0n) is 21.5. The largest absolute Gasteiger partial charge is 0.496 e. The van der Waals surface area contributed by atoms with E-state index in [0.29, 0.717) is 42.3 Å². The van der Waals surface area contributed by atoms with Crippen LogP contribution in [0.1, 0.15) is 5.56 Å². The molecule has 0 aliphatic carbocycles. The molecule has 0 saturated carbocycles. The zero-order chi connectivity index (χ0) is 27.3. The van der Waals surface area contributed by atoms with Gasteiger partial charge in [0.2, 0.25) is 9.84 Å². The summed E-state index contributed by atoms with van der Waals surface area (Å²) in [7, 11) is -3.15. The summed E-state index contributed by atoms with van der Waals surface area (Å²) in [6, 6.07) is 18.7. The number of likely N-dealkylation sites (N-methyl/N-ethyl adjacent to an activating group) is 1. The van der Waals surface area contributed by atoms with Crippen LogP contribution in [0.5, 0.6) is 5.75 Å². The minimum atomic E-state index is -3.61. The Morgan fingerprint density at radius 1 is 0.895 bits per heavy atom. The summed E-state index contributed by atoms with van der Waals surface area (Å²) in [5, 5.41) is 4.05. The lowest BCUT2D eigenvalue weighted by molar-refractivity contribution is 0.353. The van der Waals surface area contributed by atoms with Gasteiger partial charge in [0.1, 0.15) is 27.7 Å². The van der Waals surface area contributed by atoms with Crippen molar-refractivity contribution in [2.45, 2.75) is 16.2 Å². The summed E-state index contributed by atoms with van der Waals surface area (Å²) in [4.78, 5) is 11.2. The molecular formula is C27H30N4O5S2. The minimum absolute atomic E-state index is 0.103. The van der Waals surface area contributed by atoms with Crippen LogP contribution in [0.25, 0.3) is 10.9 Å². The molecule has 9 nitrogen and oxygen atoms in total. The molecule has 0 spiro atoms. The first-order valence-corrected chi connectivity index (χ1v) is 15.5. The molecule has 3 aromatic carbocycles. The molecule has 0 atom stereocenters. The Kier molecular flexibility index (Phi) is 8.29. The molecule has 0 aliphatic rings. The molecular weight excluding hydrogens is 524 g/mol. The van der Waals surface area contributed by atoms with Gasteiger partial charge >= 0.3 is 0 Å². The van der Waals surface area contributed by atoms with E-state index in [1.54, 1.807) is 61.7 Å². The SMILES string of the molecule is COc1cc2ncnc(Nc3ccc(S(=O)(=O)c4ccccc4)cc3)c2cc1CCN(C)CCS(C)(=O)=O. The molecule has 0 radical (unpaired) electrons. The Morgan fingerprint density at radius 3 is 2.24 bits per heavy atom. The maximum absolute atomic E-state index is 12.9. The number of rotatable bonds is 11. The third-order valence-electron chi connectivity index (χ3n) is 6.13. The number of nitrogens with zero attached hydrogens (tertiary/aromatic N) is 3. The van der Waals surface area contributed by atoms with Crippen molar-refractivity contribution in [2.24, 2.45) is 0 Å². The number of ether oxygens (including phenoxy) is 1. The second-order valence-electron chi connectivity index (χ2n) is 9.05. The van der Waals surface area contributed by atoms with Gasteiger partial charge < -0.3 is 15.0 Å². The third kappa shape index (κ3) is 6.66. The van der Waals surface area contributed by atoms with Gasteiger partial charge in [-0.1, -0.05) is 18.2 Å². The molecule has 1 aromatic heterocycles. The van der Waals surface area contributed by atoms with E-state index in [9.17, 15) is 16.8 Å². The molecule has 4 rings (SSSR count). The van der Waals surface area contributed by atoms with Crippen molar-refractivity contribution in [2.75, 3.05) is 44.6 Å². The molecule has 0 unspecified atom stereocenters. The molecule has 4 aromatic rings. The van der Waals surface area contributed by atoms with Crippen LogP contribution in [0.3, 0.4) is 0 Å². The molecule has 11 heteroatoms. The molecule has 1 N–H and O–H groups in total. The summed E-state index contributed by atoms with van der Waals surface area (Å²) in [6.45, 7) is 1.09. The van der Waals surface area contributed by atoms with Gasteiger partial charge in [0.15, 0.2) is 0 Å². The number of nitrogens with one attached hydrogen (secondary N) is 1. The molecule has 0 bridgehead atoms. The highest BCUT2D eigenvalue weighted by Gasteiger charge is 2.17. The van der Waals surface area contributed by atoms with Gasteiger partial charge in [-0.05, 0) is 61.5 Å². The van der Waals surface area contributed by atoms with Crippen molar-refractivity contribution in [3.05, 3.63) is 78.6 Å². The van der Waals surface area contributed by atoms with E-state index in [1.165, 1.54) is 12.6 Å². The number of methoxy groups -OCH3 is 1. The van der Waals surface area contributed by atoms with E-state index in [2.05, 4.69) is 15.3 Å².